The number of nitrogens with one attached hydrogen (secondary N) is 1. The van der Waals surface area contributed by atoms with Crippen molar-refractivity contribution < 1.29 is 0 Å². The zero-order valence-electron chi connectivity index (χ0n) is 10.4. The van der Waals surface area contributed by atoms with E-state index in [2.05, 4.69) is 41.7 Å². The van der Waals surface area contributed by atoms with Gasteiger partial charge in [-0.25, -0.2) is 0 Å². The van der Waals surface area contributed by atoms with Crippen LogP contribution in [-0.2, 0) is 12.8 Å². The monoisotopic (exact) mass is 287 g/mol. The van der Waals surface area contributed by atoms with E-state index in [-0.39, 0.29) is 6.04 Å². The molecule has 0 saturated heterocycles. The Kier molecular flexibility index (Phi) is 3.54. The maximum absolute atomic E-state index is 6.16. The Bertz CT molecular complexity index is 624. The maximum atomic E-state index is 6.16. The number of hydrogen-bond donors (Lipinski definition) is 1. The van der Waals surface area contributed by atoms with Gasteiger partial charge in [0.05, 0.1) is 11.5 Å². The summed E-state index contributed by atoms with van der Waals surface area (Å²) in [6.45, 7) is 0. The molecule has 0 heterocycles. The molecule has 0 bridgehead atoms. The van der Waals surface area contributed by atoms with Gasteiger partial charge in [0.15, 0.2) is 0 Å². The van der Waals surface area contributed by atoms with Gasteiger partial charge in [0.2, 0.25) is 0 Å². The third kappa shape index (κ3) is 2.38. The summed E-state index contributed by atoms with van der Waals surface area (Å²) in [7, 11) is 0. The summed E-state index contributed by atoms with van der Waals surface area (Å²) in [5, 5.41) is 4.07. The molecule has 19 heavy (non-hydrogen) atoms. The van der Waals surface area contributed by atoms with Crippen LogP contribution in [0.1, 0.15) is 28.3 Å². The number of rotatable bonds is 2. The Morgan fingerprint density at radius 2 is 1.79 bits per heavy atom. The third-order valence-electron chi connectivity index (χ3n) is 3.68. The SMILES string of the molecule is S=CNC1c2ccccc2CCc2ccc(Cl)cc21. The molecule has 0 aromatic heterocycles. The van der Waals surface area contributed by atoms with Crippen molar-refractivity contribution in [2.75, 3.05) is 0 Å². The zero-order chi connectivity index (χ0) is 13.2. The van der Waals surface area contributed by atoms with Crippen molar-refractivity contribution in [2.24, 2.45) is 0 Å². The van der Waals surface area contributed by atoms with Crippen molar-refractivity contribution in [3.05, 3.63) is 69.7 Å². The molecule has 1 unspecified atom stereocenters. The molecule has 0 fully saturated rings. The van der Waals surface area contributed by atoms with Crippen molar-refractivity contribution in [1.82, 2.24) is 5.32 Å². The highest BCUT2D eigenvalue weighted by Gasteiger charge is 2.22. The third-order valence-corrected chi connectivity index (χ3v) is 4.05. The lowest BCUT2D eigenvalue weighted by Crippen LogP contribution is -2.21. The van der Waals surface area contributed by atoms with E-state index in [0.29, 0.717) is 0 Å². The van der Waals surface area contributed by atoms with Crippen molar-refractivity contribution in [2.45, 2.75) is 18.9 Å². The lowest BCUT2D eigenvalue weighted by Gasteiger charge is -2.20. The average molecular weight is 288 g/mol. The predicted molar refractivity (Wildman–Crippen MR) is 83.9 cm³/mol. The van der Waals surface area contributed by atoms with Gasteiger partial charge in [0.25, 0.3) is 0 Å². The lowest BCUT2D eigenvalue weighted by atomic mass is 9.95. The molecule has 1 nitrogen and oxygen atoms in total. The first kappa shape index (κ1) is 12.6. The quantitative estimate of drug-likeness (QED) is 0.836. The summed E-state index contributed by atoms with van der Waals surface area (Å²) in [5.74, 6) is 0. The molecular formula is C16H14ClNS. The second-order valence-electron chi connectivity index (χ2n) is 4.76. The summed E-state index contributed by atoms with van der Waals surface area (Å²) in [4.78, 5) is 0. The Morgan fingerprint density at radius 3 is 2.58 bits per heavy atom. The maximum Gasteiger partial charge on any atom is 0.0775 e. The van der Waals surface area contributed by atoms with E-state index in [1.165, 1.54) is 22.3 Å². The summed E-state index contributed by atoms with van der Waals surface area (Å²) in [6.07, 6.45) is 2.10. The van der Waals surface area contributed by atoms with Crippen LogP contribution in [0.3, 0.4) is 0 Å². The molecule has 96 valence electrons. The standard InChI is InChI=1S/C16H14ClNS/c17-13-8-7-12-6-5-11-3-1-2-4-14(11)16(18-10-19)15(12)9-13/h1-4,7-10,16H,5-6H2,(H,18,19). The molecule has 2 aromatic rings. The molecule has 3 rings (SSSR count). The van der Waals surface area contributed by atoms with Gasteiger partial charge in [-0.3, -0.25) is 0 Å². The van der Waals surface area contributed by atoms with Crippen LogP contribution in [0.5, 0.6) is 0 Å². The van der Waals surface area contributed by atoms with Crippen molar-refractivity contribution in [3.63, 3.8) is 0 Å². The van der Waals surface area contributed by atoms with E-state index in [1.807, 2.05) is 6.07 Å². The van der Waals surface area contributed by atoms with Gasteiger partial charge in [-0.1, -0.05) is 54.2 Å². The van der Waals surface area contributed by atoms with Gasteiger partial charge < -0.3 is 5.32 Å². The highest BCUT2D eigenvalue weighted by molar-refractivity contribution is 7.78. The lowest BCUT2D eigenvalue weighted by molar-refractivity contribution is 0.774. The van der Waals surface area contributed by atoms with Crippen molar-refractivity contribution in [1.29, 1.82) is 0 Å². The van der Waals surface area contributed by atoms with Gasteiger partial charge in [-0.15, -0.1) is 0 Å². The van der Waals surface area contributed by atoms with E-state index in [0.717, 1.165) is 17.9 Å². The molecule has 0 aliphatic heterocycles. The van der Waals surface area contributed by atoms with Gasteiger partial charge in [-0.2, -0.15) is 0 Å². The first-order chi connectivity index (χ1) is 9.29. The number of benzene rings is 2. The zero-order valence-corrected chi connectivity index (χ0v) is 12.0. The fourth-order valence-electron chi connectivity index (χ4n) is 2.79. The predicted octanol–water partition coefficient (Wildman–Crippen LogP) is 4.07. The number of aryl methyl sites for hydroxylation is 2. The molecule has 1 aliphatic rings. The number of thiocarbonyl (C=S) groups is 1. The van der Waals surface area contributed by atoms with E-state index in [9.17, 15) is 0 Å². The van der Waals surface area contributed by atoms with E-state index >= 15 is 0 Å². The molecule has 0 saturated carbocycles. The van der Waals surface area contributed by atoms with Gasteiger partial charge >= 0.3 is 0 Å². The highest BCUT2D eigenvalue weighted by Crippen LogP contribution is 2.33. The fourth-order valence-corrected chi connectivity index (χ4v) is 3.11. The molecule has 1 aliphatic carbocycles. The molecule has 3 heteroatoms. The molecule has 0 radical (unpaired) electrons. The Morgan fingerprint density at radius 1 is 1.05 bits per heavy atom. The van der Waals surface area contributed by atoms with Gasteiger partial charge in [0, 0.05) is 5.02 Å². The number of fused-ring (bicyclic) bond motifs is 2. The van der Waals surface area contributed by atoms with Crippen LogP contribution in [0.15, 0.2) is 42.5 Å². The summed E-state index contributed by atoms with van der Waals surface area (Å²) in [5.41, 5.74) is 6.85. The highest BCUT2D eigenvalue weighted by atomic mass is 35.5. The van der Waals surface area contributed by atoms with Crippen molar-refractivity contribution in [3.8, 4) is 0 Å². The van der Waals surface area contributed by atoms with Crippen LogP contribution < -0.4 is 5.32 Å². The smallest absolute Gasteiger partial charge is 0.0775 e. The van der Waals surface area contributed by atoms with Crippen LogP contribution in [0.2, 0.25) is 5.02 Å². The second-order valence-corrected chi connectivity index (χ2v) is 5.43. The van der Waals surface area contributed by atoms with E-state index in [1.54, 1.807) is 5.49 Å². The summed E-state index contributed by atoms with van der Waals surface area (Å²) >= 11 is 11.2. The fraction of sp³-hybridized carbons (Fsp3) is 0.188. The largest absolute Gasteiger partial charge is 0.371 e. The Balaban J connectivity index is 2.19. The molecule has 2 aromatic carbocycles. The molecule has 0 amide bonds. The van der Waals surface area contributed by atoms with Gasteiger partial charge in [0.1, 0.15) is 0 Å². The minimum atomic E-state index is 0.102. The molecular weight excluding hydrogens is 274 g/mol. The first-order valence-electron chi connectivity index (χ1n) is 6.35. The minimum absolute atomic E-state index is 0.102. The molecule has 1 atom stereocenters. The van der Waals surface area contributed by atoms with E-state index < -0.39 is 0 Å². The minimum Gasteiger partial charge on any atom is -0.371 e. The summed E-state index contributed by atoms with van der Waals surface area (Å²) < 4.78 is 0. The van der Waals surface area contributed by atoms with Crippen molar-refractivity contribution >= 4 is 29.3 Å². The Hall–Kier alpha value is -1.38. The van der Waals surface area contributed by atoms with Gasteiger partial charge in [-0.05, 0) is 47.2 Å². The normalized spacial score (nSPS) is 17.0. The average Bonchev–Trinajstić information content (AvgIpc) is 2.58. The van der Waals surface area contributed by atoms with E-state index in [4.69, 9.17) is 23.8 Å². The van der Waals surface area contributed by atoms with Crippen LogP contribution >= 0.6 is 23.8 Å². The first-order valence-corrected chi connectivity index (χ1v) is 7.20. The number of halogens is 1. The Labute approximate surface area is 123 Å². The second kappa shape index (κ2) is 5.32. The van der Waals surface area contributed by atoms with Crippen LogP contribution in [-0.4, -0.2) is 5.49 Å². The van der Waals surface area contributed by atoms with Crippen LogP contribution in [0.4, 0.5) is 0 Å². The topological polar surface area (TPSA) is 12.0 Å². The number of hydrogen-bond acceptors (Lipinski definition) is 1. The summed E-state index contributed by atoms with van der Waals surface area (Å²) in [6, 6.07) is 14.8. The molecule has 1 N–H and O–H groups in total. The van der Waals surface area contributed by atoms with Crippen LogP contribution in [0, 0.1) is 0 Å². The van der Waals surface area contributed by atoms with Crippen LogP contribution in [0.25, 0.3) is 0 Å². The molecule has 0 spiro atoms.